The van der Waals surface area contributed by atoms with E-state index in [1.807, 2.05) is 0 Å². The summed E-state index contributed by atoms with van der Waals surface area (Å²) in [5, 5.41) is 4.31. The molecule has 76 valence electrons. The minimum Gasteiger partial charge on any atom is -0.396 e. The molecule has 0 saturated heterocycles. The molecule has 1 aromatic heterocycles. The van der Waals surface area contributed by atoms with Crippen LogP contribution in [0.5, 0.6) is 0 Å². The van der Waals surface area contributed by atoms with Crippen LogP contribution in [-0.4, -0.2) is 9.78 Å². The fourth-order valence-electron chi connectivity index (χ4n) is 2.88. The molecular weight excluding hydrogens is 174 g/mol. The summed E-state index contributed by atoms with van der Waals surface area (Å²) in [6.45, 7) is 3.13. The molecule has 1 heterocycles. The molecule has 3 rings (SSSR count). The van der Waals surface area contributed by atoms with Crippen molar-refractivity contribution in [1.29, 1.82) is 0 Å². The molecule has 2 unspecified atom stereocenters. The van der Waals surface area contributed by atoms with Gasteiger partial charge in [0.15, 0.2) is 0 Å². The molecule has 14 heavy (non-hydrogen) atoms. The molecule has 3 nitrogen and oxygen atoms in total. The van der Waals surface area contributed by atoms with Crippen molar-refractivity contribution >= 4 is 5.69 Å². The highest BCUT2D eigenvalue weighted by atomic mass is 15.3. The monoisotopic (exact) mass is 191 g/mol. The first-order valence-corrected chi connectivity index (χ1v) is 5.52. The molecule has 0 amide bonds. The fourth-order valence-corrected chi connectivity index (χ4v) is 2.88. The second-order valence-electron chi connectivity index (χ2n) is 4.96. The molecule has 2 N–H and O–H groups in total. The first-order chi connectivity index (χ1) is 6.74. The maximum Gasteiger partial charge on any atom is 0.0730 e. The lowest BCUT2D eigenvalue weighted by Crippen LogP contribution is -2.11. The number of aromatic nitrogens is 2. The predicted molar refractivity (Wildman–Crippen MR) is 55.7 cm³/mol. The normalized spacial score (nSPS) is 34.5. The lowest BCUT2D eigenvalue weighted by molar-refractivity contribution is 0.390. The van der Waals surface area contributed by atoms with Gasteiger partial charge < -0.3 is 5.73 Å². The summed E-state index contributed by atoms with van der Waals surface area (Å²) < 4.78 is 2.07. The summed E-state index contributed by atoms with van der Waals surface area (Å²) in [7, 11) is 0. The van der Waals surface area contributed by atoms with Crippen LogP contribution in [0.2, 0.25) is 0 Å². The van der Waals surface area contributed by atoms with E-state index in [0.29, 0.717) is 0 Å². The molecule has 3 heteroatoms. The third kappa shape index (κ3) is 1.22. The van der Waals surface area contributed by atoms with Gasteiger partial charge >= 0.3 is 0 Å². The average molecular weight is 191 g/mol. The molecule has 0 aromatic carbocycles. The minimum absolute atomic E-state index is 0.827. The average Bonchev–Trinajstić information content (AvgIpc) is 2.67. The number of nitrogens with zero attached hydrogens (tertiary/aromatic N) is 2. The van der Waals surface area contributed by atoms with E-state index in [4.69, 9.17) is 5.73 Å². The van der Waals surface area contributed by atoms with E-state index < -0.39 is 0 Å². The van der Waals surface area contributed by atoms with E-state index in [-0.39, 0.29) is 0 Å². The van der Waals surface area contributed by atoms with E-state index in [0.717, 1.165) is 35.7 Å². The smallest absolute Gasteiger partial charge is 0.0730 e. The van der Waals surface area contributed by atoms with Gasteiger partial charge in [0.1, 0.15) is 0 Å². The molecule has 0 radical (unpaired) electrons. The van der Waals surface area contributed by atoms with Gasteiger partial charge in [-0.15, -0.1) is 0 Å². The largest absolute Gasteiger partial charge is 0.396 e. The molecule has 2 aliphatic rings. The molecule has 0 bridgehead atoms. The van der Waals surface area contributed by atoms with Crippen molar-refractivity contribution in [2.24, 2.45) is 17.8 Å². The van der Waals surface area contributed by atoms with Crippen molar-refractivity contribution in [3.63, 3.8) is 0 Å². The molecule has 0 aliphatic heterocycles. The molecule has 2 saturated carbocycles. The zero-order chi connectivity index (χ0) is 9.71. The molecule has 2 aliphatic carbocycles. The van der Waals surface area contributed by atoms with Gasteiger partial charge in [0.25, 0.3) is 0 Å². The highest BCUT2D eigenvalue weighted by Crippen LogP contribution is 2.54. The standard InChI is InChI=1S/C11H17N3/c1-7-11(12)5-13-14(7)6-8-2-9-4-10(9)3-8/h5,8-10H,2-4,6,12H2,1H3. The van der Waals surface area contributed by atoms with Crippen LogP contribution in [0.4, 0.5) is 5.69 Å². The highest BCUT2D eigenvalue weighted by molar-refractivity contribution is 5.39. The Balaban J connectivity index is 1.69. The Bertz CT molecular complexity index is 345. The van der Waals surface area contributed by atoms with Crippen LogP contribution in [-0.2, 0) is 6.54 Å². The number of nitrogens with two attached hydrogens (primary N) is 1. The third-order valence-electron chi connectivity index (χ3n) is 3.91. The molecule has 1 aromatic rings. The summed E-state index contributed by atoms with van der Waals surface area (Å²) in [6, 6.07) is 0. The first-order valence-electron chi connectivity index (χ1n) is 5.52. The van der Waals surface area contributed by atoms with E-state index in [2.05, 4.69) is 16.7 Å². The summed E-state index contributed by atoms with van der Waals surface area (Å²) in [5.74, 6) is 2.98. The first kappa shape index (κ1) is 8.33. The lowest BCUT2D eigenvalue weighted by atomic mass is 10.0. The molecule has 2 fully saturated rings. The number of rotatable bonds is 2. The topological polar surface area (TPSA) is 43.8 Å². The van der Waals surface area contributed by atoms with Crippen LogP contribution in [0.25, 0.3) is 0 Å². The van der Waals surface area contributed by atoms with Crippen molar-refractivity contribution in [3.8, 4) is 0 Å². The van der Waals surface area contributed by atoms with Crippen LogP contribution in [0.3, 0.4) is 0 Å². The van der Waals surface area contributed by atoms with Gasteiger partial charge in [-0.05, 0) is 43.9 Å². The maximum absolute atomic E-state index is 5.77. The second kappa shape index (κ2) is 2.75. The minimum atomic E-state index is 0.827. The number of hydrogen-bond donors (Lipinski definition) is 1. The predicted octanol–water partition coefficient (Wildman–Crippen LogP) is 1.82. The summed E-state index contributed by atoms with van der Waals surface area (Å²) in [4.78, 5) is 0. The van der Waals surface area contributed by atoms with Crippen molar-refractivity contribution in [3.05, 3.63) is 11.9 Å². The SMILES string of the molecule is Cc1c(N)cnn1CC1CC2CC2C1. The van der Waals surface area contributed by atoms with Gasteiger partial charge in [0.2, 0.25) is 0 Å². The quantitative estimate of drug-likeness (QED) is 0.775. The summed E-state index contributed by atoms with van der Waals surface area (Å²) >= 11 is 0. The summed E-state index contributed by atoms with van der Waals surface area (Å²) in [5.41, 5.74) is 7.72. The van der Waals surface area contributed by atoms with Gasteiger partial charge in [0.05, 0.1) is 17.6 Å². The van der Waals surface area contributed by atoms with E-state index in [1.54, 1.807) is 6.20 Å². The van der Waals surface area contributed by atoms with Crippen molar-refractivity contribution < 1.29 is 0 Å². The molecule has 2 atom stereocenters. The molecular formula is C11H17N3. The van der Waals surface area contributed by atoms with Crippen molar-refractivity contribution in [1.82, 2.24) is 9.78 Å². The van der Waals surface area contributed by atoms with Crippen molar-refractivity contribution in [2.45, 2.75) is 32.7 Å². The number of fused-ring (bicyclic) bond motifs is 1. The van der Waals surface area contributed by atoms with Crippen LogP contribution < -0.4 is 5.73 Å². The van der Waals surface area contributed by atoms with Crippen LogP contribution in [0, 0.1) is 24.7 Å². The number of anilines is 1. The van der Waals surface area contributed by atoms with Crippen LogP contribution >= 0.6 is 0 Å². The Kier molecular flexibility index (Phi) is 1.64. The number of hydrogen-bond acceptors (Lipinski definition) is 2. The lowest BCUT2D eigenvalue weighted by Gasteiger charge is -2.12. The fraction of sp³-hybridized carbons (Fsp3) is 0.727. The number of nitrogen functional groups attached to an aromatic ring is 1. The van der Waals surface area contributed by atoms with Crippen molar-refractivity contribution in [2.75, 3.05) is 5.73 Å². The van der Waals surface area contributed by atoms with Crippen LogP contribution in [0.15, 0.2) is 6.20 Å². The van der Waals surface area contributed by atoms with E-state index >= 15 is 0 Å². The Labute approximate surface area is 84.3 Å². The van der Waals surface area contributed by atoms with E-state index in [9.17, 15) is 0 Å². The molecule has 0 spiro atoms. The summed E-state index contributed by atoms with van der Waals surface area (Å²) in [6.07, 6.45) is 6.11. The van der Waals surface area contributed by atoms with Gasteiger partial charge in [-0.25, -0.2) is 0 Å². The highest BCUT2D eigenvalue weighted by Gasteiger charge is 2.45. The zero-order valence-electron chi connectivity index (χ0n) is 8.61. The maximum atomic E-state index is 5.77. The van der Waals surface area contributed by atoms with Gasteiger partial charge in [-0.2, -0.15) is 5.10 Å². The Hall–Kier alpha value is -0.990. The Morgan fingerprint density at radius 3 is 2.71 bits per heavy atom. The van der Waals surface area contributed by atoms with Gasteiger partial charge in [-0.3, -0.25) is 4.68 Å². The van der Waals surface area contributed by atoms with Gasteiger partial charge in [-0.1, -0.05) is 0 Å². The third-order valence-corrected chi connectivity index (χ3v) is 3.91. The van der Waals surface area contributed by atoms with Gasteiger partial charge in [0, 0.05) is 6.54 Å². The Morgan fingerprint density at radius 2 is 2.14 bits per heavy atom. The van der Waals surface area contributed by atoms with E-state index in [1.165, 1.54) is 19.3 Å². The van der Waals surface area contributed by atoms with Crippen LogP contribution in [0.1, 0.15) is 25.0 Å². The second-order valence-corrected chi connectivity index (χ2v) is 4.96. The zero-order valence-corrected chi connectivity index (χ0v) is 8.61. The Morgan fingerprint density at radius 1 is 1.43 bits per heavy atom.